The molecule has 0 radical (unpaired) electrons. The van der Waals surface area contributed by atoms with E-state index < -0.39 is 35.2 Å². The molecule has 0 bridgehead atoms. The Balaban J connectivity index is 1.87. The number of carbonyl (C=O) groups excluding carboxylic acids is 2. The molecular formula is C16H11F3N2O2. The summed E-state index contributed by atoms with van der Waals surface area (Å²) in [6.07, 6.45) is -0.117. The quantitative estimate of drug-likeness (QED) is 0.893. The van der Waals surface area contributed by atoms with Crippen LogP contribution in [0.5, 0.6) is 0 Å². The molecule has 2 aromatic rings. The molecular weight excluding hydrogens is 309 g/mol. The van der Waals surface area contributed by atoms with Crippen LogP contribution >= 0.6 is 0 Å². The van der Waals surface area contributed by atoms with Crippen LogP contribution in [-0.2, 0) is 9.59 Å². The van der Waals surface area contributed by atoms with E-state index in [1.807, 2.05) is 0 Å². The van der Waals surface area contributed by atoms with E-state index in [1.165, 1.54) is 18.2 Å². The number of anilines is 2. The van der Waals surface area contributed by atoms with Gasteiger partial charge in [0.15, 0.2) is 11.6 Å². The van der Waals surface area contributed by atoms with Gasteiger partial charge in [0.2, 0.25) is 11.8 Å². The van der Waals surface area contributed by atoms with Gasteiger partial charge >= 0.3 is 0 Å². The normalized spacial score (nSPS) is 16.5. The third-order valence-electron chi connectivity index (χ3n) is 3.56. The lowest BCUT2D eigenvalue weighted by molar-refractivity contribution is -0.123. The van der Waals surface area contributed by atoms with E-state index >= 15 is 0 Å². The Morgan fingerprint density at radius 1 is 1.09 bits per heavy atom. The third kappa shape index (κ3) is 3.03. The van der Waals surface area contributed by atoms with Crippen LogP contribution in [0.15, 0.2) is 36.4 Å². The second kappa shape index (κ2) is 5.75. The monoisotopic (exact) mass is 320 g/mol. The molecule has 1 aliphatic heterocycles. The van der Waals surface area contributed by atoms with Crippen molar-refractivity contribution < 1.29 is 22.8 Å². The predicted molar refractivity (Wildman–Crippen MR) is 77.4 cm³/mol. The molecule has 118 valence electrons. The molecule has 3 rings (SSSR count). The number of benzene rings is 2. The van der Waals surface area contributed by atoms with Crippen LogP contribution in [0.1, 0.15) is 17.9 Å². The third-order valence-corrected chi connectivity index (χ3v) is 3.56. The summed E-state index contributed by atoms with van der Waals surface area (Å²) in [5.41, 5.74) is 0.765. The topological polar surface area (TPSA) is 58.2 Å². The summed E-state index contributed by atoms with van der Waals surface area (Å²) < 4.78 is 39.3. The molecule has 0 saturated carbocycles. The Morgan fingerprint density at radius 3 is 2.61 bits per heavy atom. The van der Waals surface area contributed by atoms with Crippen molar-refractivity contribution in [3.8, 4) is 0 Å². The molecule has 2 amide bonds. The SMILES string of the molecule is O=C1C[C@H](C(=O)Nc2ccc(F)c(F)c2)c2ccc(F)cc2N1. The van der Waals surface area contributed by atoms with Crippen LogP contribution < -0.4 is 10.6 Å². The average molecular weight is 320 g/mol. The standard InChI is InChI=1S/C16H11F3N2O2/c17-8-1-3-10-11(7-15(22)21-14(10)5-8)16(23)20-9-2-4-12(18)13(19)6-9/h1-6,11H,7H2,(H,20,23)(H,21,22)/t11-/m0/s1. The van der Waals surface area contributed by atoms with Crippen LogP contribution in [0.3, 0.4) is 0 Å². The fourth-order valence-corrected chi connectivity index (χ4v) is 2.47. The molecule has 1 atom stereocenters. The van der Waals surface area contributed by atoms with Gasteiger partial charge in [0.25, 0.3) is 0 Å². The van der Waals surface area contributed by atoms with E-state index in [4.69, 9.17) is 0 Å². The lowest BCUT2D eigenvalue weighted by Crippen LogP contribution is -2.30. The van der Waals surface area contributed by atoms with Crippen molar-refractivity contribution in [3.05, 3.63) is 59.4 Å². The minimum atomic E-state index is -1.09. The number of rotatable bonds is 2. The highest BCUT2D eigenvalue weighted by Crippen LogP contribution is 2.33. The molecule has 2 N–H and O–H groups in total. The van der Waals surface area contributed by atoms with Crippen molar-refractivity contribution in [2.45, 2.75) is 12.3 Å². The summed E-state index contributed by atoms with van der Waals surface area (Å²) in [5.74, 6) is -4.47. The highest BCUT2D eigenvalue weighted by molar-refractivity contribution is 6.05. The van der Waals surface area contributed by atoms with Crippen molar-refractivity contribution >= 4 is 23.2 Å². The summed E-state index contributed by atoms with van der Waals surface area (Å²) >= 11 is 0. The van der Waals surface area contributed by atoms with Crippen LogP contribution in [0.2, 0.25) is 0 Å². The molecule has 0 fully saturated rings. The summed E-state index contributed by atoms with van der Waals surface area (Å²) in [7, 11) is 0. The molecule has 1 heterocycles. The van der Waals surface area contributed by atoms with Crippen molar-refractivity contribution in [1.29, 1.82) is 0 Å². The number of halogens is 3. The highest BCUT2D eigenvalue weighted by Gasteiger charge is 2.31. The first-order valence-corrected chi connectivity index (χ1v) is 6.79. The maximum atomic E-state index is 13.2. The van der Waals surface area contributed by atoms with Crippen LogP contribution in [0.4, 0.5) is 24.5 Å². The molecule has 0 unspecified atom stereocenters. The molecule has 23 heavy (non-hydrogen) atoms. The van der Waals surface area contributed by atoms with Crippen LogP contribution in [-0.4, -0.2) is 11.8 Å². The largest absolute Gasteiger partial charge is 0.326 e. The molecule has 0 spiro atoms. The lowest BCUT2D eigenvalue weighted by Gasteiger charge is -2.24. The van der Waals surface area contributed by atoms with Gasteiger partial charge in [0, 0.05) is 23.9 Å². The predicted octanol–water partition coefficient (Wildman–Crippen LogP) is 3.17. The zero-order valence-corrected chi connectivity index (χ0v) is 11.7. The molecule has 2 aromatic carbocycles. The smallest absolute Gasteiger partial charge is 0.232 e. The number of amides is 2. The minimum Gasteiger partial charge on any atom is -0.326 e. The van der Waals surface area contributed by atoms with Crippen molar-refractivity contribution in [1.82, 2.24) is 0 Å². The van der Waals surface area contributed by atoms with Gasteiger partial charge in [-0.25, -0.2) is 13.2 Å². The highest BCUT2D eigenvalue weighted by atomic mass is 19.2. The van der Waals surface area contributed by atoms with Gasteiger partial charge in [-0.3, -0.25) is 9.59 Å². The average Bonchev–Trinajstić information content (AvgIpc) is 2.49. The summed E-state index contributed by atoms with van der Waals surface area (Å²) in [6, 6.07) is 6.69. The van der Waals surface area contributed by atoms with Gasteiger partial charge in [0.1, 0.15) is 5.82 Å². The second-order valence-corrected chi connectivity index (χ2v) is 5.15. The van der Waals surface area contributed by atoms with Crippen molar-refractivity contribution in [2.75, 3.05) is 10.6 Å². The number of hydrogen-bond acceptors (Lipinski definition) is 2. The van der Waals surface area contributed by atoms with E-state index in [0.29, 0.717) is 5.56 Å². The van der Waals surface area contributed by atoms with Gasteiger partial charge < -0.3 is 10.6 Å². The minimum absolute atomic E-state index is 0.0727. The van der Waals surface area contributed by atoms with Crippen molar-refractivity contribution in [3.63, 3.8) is 0 Å². The molecule has 7 heteroatoms. The van der Waals surface area contributed by atoms with Gasteiger partial charge in [-0.2, -0.15) is 0 Å². The van der Waals surface area contributed by atoms with Gasteiger partial charge in [-0.15, -0.1) is 0 Å². The van der Waals surface area contributed by atoms with E-state index in [0.717, 1.165) is 18.2 Å². The van der Waals surface area contributed by atoms with Crippen LogP contribution in [0.25, 0.3) is 0 Å². The van der Waals surface area contributed by atoms with E-state index in [9.17, 15) is 22.8 Å². The Morgan fingerprint density at radius 2 is 1.87 bits per heavy atom. The Labute approximate surface area is 129 Å². The molecule has 1 aliphatic rings. The van der Waals surface area contributed by atoms with Crippen LogP contribution in [0, 0.1) is 17.5 Å². The first kappa shape index (κ1) is 15.1. The van der Waals surface area contributed by atoms with E-state index in [2.05, 4.69) is 10.6 Å². The molecule has 4 nitrogen and oxygen atoms in total. The maximum Gasteiger partial charge on any atom is 0.232 e. The Hall–Kier alpha value is -2.83. The van der Waals surface area contributed by atoms with Gasteiger partial charge in [-0.05, 0) is 29.8 Å². The fraction of sp³-hybridized carbons (Fsp3) is 0.125. The first-order chi connectivity index (χ1) is 10.9. The number of hydrogen-bond donors (Lipinski definition) is 2. The molecule has 0 saturated heterocycles. The van der Waals surface area contributed by atoms with E-state index in [-0.39, 0.29) is 17.8 Å². The fourth-order valence-electron chi connectivity index (χ4n) is 2.47. The number of fused-ring (bicyclic) bond motifs is 1. The van der Waals surface area contributed by atoms with Gasteiger partial charge in [-0.1, -0.05) is 6.07 Å². The summed E-state index contributed by atoms with van der Waals surface area (Å²) in [6.45, 7) is 0. The second-order valence-electron chi connectivity index (χ2n) is 5.15. The zero-order valence-electron chi connectivity index (χ0n) is 11.7. The summed E-state index contributed by atoms with van der Waals surface area (Å²) in [5, 5.41) is 4.93. The molecule has 0 aliphatic carbocycles. The number of carbonyl (C=O) groups is 2. The zero-order chi connectivity index (χ0) is 16.6. The summed E-state index contributed by atoms with van der Waals surface area (Å²) in [4.78, 5) is 24.0. The van der Waals surface area contributed by atoms with Gasteiger partial charge in [0.05, 0.1) is 5.92 Å². The maximum absolute atomic E-state index is 13.2. The Bertz CT molecular complexity index is 808. The first-order valence-electron chi connectivity index (χ1n) is 6.79. The molecule has 0 aromatic heterocycles. The van der Waals surface area contributed by atoms with E-state index in [1.54, 1.807) is 0 Å². The lowest BCUT2D eigenvalue weighted by atomic mass is 9.89. The Kier molecular flexibility index (Phi) is 3.77. The van der Waals surface area contributed by atoms with Crippen molar-refractivity contribution in [2.24, 2.45) is 0 Å². The number of nitrogens with one attached hydrogen (secondary N) is 2.